The minimum absolute atomic E-state index is 0.0419. The number of ether oxygens (including phenoxy) is 1. The van der Waals surface area contributed by atoms with Gasteiger partial charge in [-0.2, -0.15) is 0 Å². The van der Waals surface area contributed by atoms with E-state index in [9.17, 15) is 9.59 Å². The summed E-state index contributed by atoms with van der Waals surface area (Å²) in [4.78, 5) is 29.4. The maximum absolute atomic E-state index is 13.3. The Hall–Kier alpha value is -2.59. The number of nitrogens with zero attached hydrogens (tertiary/aromatic N) is 5. The lowest BCUT2D eigenvalue weighted by molar-refractivity contribution is -0.117. The number of carbonyl (C=O) groups excluding carboxylic acids is 2. The molecule has 31 heavy (non-hydrogen) atoms. The van der Waals surface area contributed by atoms with Crippen LogP contribution in [0.4, 0.5) is 17.3 Å². The summed E-state index contributed by atoms with van der Waals surface area (Å²) in [6, 6.07) is 7.64. The van der Waals surface area contributed by atoms with Crippen molar-refractivity contribution in [1.29, 1.82) is 0 Å². The third-order valence-electron chi connectivity index (χ3n) is 5.81. The summed E-state index contributed by atoms with van der Waals surface area (Å²) >= 11 is 1.42. The molecule has 2 aromatic rings. The van der Waals surface area contributed by atoms with Crippen LogP contribution in [-0.4, -0.2) is 64.7 Å². The number of para-hydroxylation sites is 2. The predicted octanol–water partition coefficient (Wildman–Crippen LogP) is 2.31. The summed E-state index contributed by atoms with van der Waals surface area (Å²) < 4.78 is 7.65. The minimum atomic E-state index is -0.220. The topological polar surface area (TPSA) is 92.6 Å². The number of fused-ring (bicyclic) bond motifs is 1. The number of thioether (sulfide) groups is 1. The van der Waals surface area contributed by atoms with Crippen molar-refractivity contribution in [2.75, 3.05) is 47.2 Å². The number of hydrogen-bond acceptors (Lipinski definition) is 7. The number of anilines is 3. The Bertz CT molecular complexity index is 985. The third-order valence-corrected chi connectivity index (χ3v) is 6.73. The maximum atomic E-state index is 13.3. The number of nitrogens with one attached hydrogen (secondary N) is 1. The van der Waals surface area contributed by atoms with E-state index in [4.69, 9.17) is 4.74 Å². The van der Waals surface area contributed by atoms with Crippen molar-refractivity contribution in [3.05, 3.63) is 24.3 Å². The molecule has 5 rings (SSSR count). The zero-order chi connectivity index (χ0) is 21.4. The number of rotatable bonds is 5. The molecule has 10 heteroatoms. The van der Waals surface area contributed by atoms with Crippen molar-refractivity contribution in [3.63, 3.8) is 0 Å². The van der Waals surface area contributed by atoms with Gasteiger partial charge in [0, 0.05) is 31.6 Å². The van der Waals surface area contributed by atoms with Crippen molar-refractivity contribution in [2.24, 2.45) is 0 Å². The summed E-state index contributed by atoms with van der Waals surface area (Å²) in [5.41, 5.74) is 1.41. The zero-order valence-corrected chi connectivity index (χ0v) is 18.3. The van der Waals surface area contributed by atoms with Crippen LogP contribution in [0.2, 0.25) is 0 Å². The van der Waals surface area contributed by atoms with Gasteiger partial charge in [-0.05, 0) is 31.9 Å². The molecule has 1 atom stereocenters. The van der Waals surface area contributed by atoms with Crippen LogP contribution in [0, 0.1) is 0 Å². The number of carbonyl (C=O) groups is 2. The highest BCUT2D eigenvalue weighted by Crippen LogP contribution is 2.41. The number of morpholine rings is 1. The Balaban J connectivity index is 1.35. The molecule has 1 aromatic carbocycles. The van der Waals surface area contributed by atoms with Crippen LogP contribution < -0.4 is 15.1 Å². The SMILES string of the molecule is CC1CC(=O)Nc2ccccc2N1C(=O)CSc1nnc(N2CCOCC2)n1C1CC1. The van der Waals surface area contributed by atoms with Gasteiger partial charge in [0.2, 0.25) is 17.8 Å². The average molecular weight is 443 g/mol. The van der Waals surface area contributed by atoms with E-state index in [1.165, 1.54) is 11.8 Å². The van der Waals surface area contributed by atoms with Gasteiger partial charge in [0.1, 0.15) is 0 Å². The molecule has 1 N–H and O–H groups in total. The second-order valence-electron chi connectivity index (χ2n) is 8.15. The molecule has 2 aliphatic heterocycles. The highest BCUT2D eigenvalue weighted by atomic mass is 32.2. The van der Waals surface area contributed by atoms with Gasteiger partial charge in [-0.1, -0.05) is 23.9 Å². The maximum Gasteiger partial charge on any atom is 0.237 e. The van der Waals surface area contributed by atoms with E-state index in [2.05, 4.69) is 25.0 Å². The van der Waals surface area contributed by atoms with E-state index < -0.39 is 0 Å². The molecule has 3 heterocycles. The Morgan fingerprint density at radius 1 is 1.23 bits per heavy atom. The van der Waals surface area contributed by atoms with Crippen LogP contribution in [-0.2, 0) is 14.3 Å². The molecule has 164 valence electrons. The molecular weight excluding hydrogens is 416 g/mol. The van der Waals surface area contributed by atoms with Crippen LogP contribution in [0.1, 0.15) is 32.2 Å². The van der Waals surface area contributed by atoms with Crippen molar-refractivity contribution in [2.45, 2.75) is 43.4 Å². The summed E-state index contributed by atoms with van der Waals surface area (Å²) in [5.74, 6) is 0.996. The molecule has 0 bridgehead atoms. The number of hydrogen-bond donors (Lipinski definition) is 1. The van der Waals surface area contributed by atoms with E-state index in [1.807, 2.05) is 31.2 Å². The molecule has 1 aliphatic carbocycles. The molecular formula is C21H26N6O3S. The zero-order valence-electron chi connectivity index (χ0n) is 17.5. The van der Waals surface area contributed by atoms with Crippen LogP contribution in [0.5, 0.6) is 0 Å². The van der Waals surface area contributed by atoms with Crippen LogP contribution >= 0.6 is 11.8 Å². The molecule has 0 spiro atoms. The van der Waals surface area contributed by atoms with Gasteiger partial charge in [0.05, 0.1) is 30.3 Å². The van der Waals surface area contributed by atoms with Gasteiger partial charge < -0.3 is 19.9 Å². The Labute approximate surface area is 185 Å². The minimum Gasteiger partial charge on any atom is -0.378 e. The molecule has 1 unspecified atom stereocenters. The van der Waals surface area contributed by atoms with Crippen LogP contribution in [0.15, 0.2) is 29.4 Å². The van der Waals surface area contributed by atoms with Gasteiger partial charge in [-0.25, -0.2) is 0 Å². The van der Waals surface area contributed by atoms with E-state index in [0.29, 0.717) is 24.9 Å². The lowest BCUT2D eigenvalue weighted by Crippen LogP contribution is -2.40. The highest BCUT2D eigenvalue weighted by molar-refractivity contribution is 7.99. The van der Waals surface area contributed by atoms with E-state index in [1.54, 1.807) is 4.90 Å². The fourth-order valence-electron chi connectivity index (χ4n) is 4.16. The van der Waals surface area contributed by atoms with E-state index >= 15 is 0 Å². The summed E-state index contributed by atoms with van der Waals surface area (Å²) in [6.45, 7) is 4.90. The van der Waals surface area contributed by atoms with Gasteiger partial charge in [-0.15, -0.1) is 10.2 Å². The predicted molar refractivity (Wildman–Crippen MR) is 119 cm³/mol. The average Bonchev–Trinajstić information content (AvgIpc) is 3.54. The van der Waals surface area contributed by atoms with E-state index in [-0.39, 0.29) is 30.0 Å². The van der Waals surface area contributed by atoms with Gasteiger partial charge in [-0.3, -0.25) is 14.2 Å². The standard InChI is InChI=1S/C21H26N6O3S/c1-14-12-18(28)22-16-4-2-3-5-17(16)26(14)19(29)13-31-21-24-23-20(27(21)15-6-7-15)25-8-10-30-11-9-25/h2-5,14-15H,6-13H2,1H3,(H,22,28). The Kier molecular flexibility index (Phi) is 5.58. The second kappa shape index (κ2) is 8.51. The lowest BCUT2D eigenvalue weighted by Gasteiger charge is -2.28. The first-order valence-corrected chi connectivity index (χ1v) is 11.7. The first kappa shape index (κ1) is 20.3. The molecule has 2 amide bonds. The molecule has 9 nitrogen and oxygen atoms in total. The van der Waals surface area contributed by atoms with Gasteiger partial charge in [0.15, 0.2) is 5.16 Å². The molecule has 0 radical (unpaired) electrons. The molecule has 3 aliphatic rings. The van der Waals surface area contributed by atoms with Crippen molar-refractivity contribution in [1.82, 2.24) is 14.8 Å². The summed E-state index contributed by atoms with van der Waals surface area (Å²) in [5, 5.41) is 12.6. The number of amides is 2. The second-order valence-corrected chi connectivity index (χ2v) is 9.10. The normalized spacial score (nSPS) is 21.5. The van der Waals surface area contributed by atoms with Crippen molar-refractivity contribution < 1.29 is 14.3 Å². The van der Waals surface area contributed by atoms with Crippen LogP contribution in [0.25, 0.3) is 0 Å². The monoisotopic (exact) mass is 442 g/mol. The van der Waals surface area contributed by atoms with Crippen molar-refractivity contribution in [3.8, 4) is 0 Å². The summed E-state index contributed by atoms with van der Waals surface area (Å²) in [6.07, 6.45) is 2.49. The van der Waals surface area contributed by atoms with Gasteiger partial charge >= 0.3 is 0 Å². The first-order chi connectivity index (χ1) is 15.1. The molecule has 1 saturated carbocycles. The van der Waals surface area contributed by atoms with Crippen molar-refractivity contribution >= 4 is 40.9 Å². The number of aromatic nitrogens is 3. The first-order valence-electron chi connectivity index (χ1n) is 10.7. The van der Waals surface area contributed by atoms with Gasteiger partial charge in [0.25, 0.3) is 0 Å². The fourth-order valence-corrected chi connectivity index (χ4v) is 5.02. The largest absolute Gasteiger partial charge is 0.378 e. The highest BCUT2D eigenvalue weighted by Gasteiger charge is 2.34. The third kappa shape index (κ3) is 4.14. The molecule has 1 saturated heterocycles. The van der Waals surface area contributed by atoms with E-state index in [0.717, 1.165) is 42.7 Å². The Morgan fingerprint density at radius 2 is 2.00 bits per heavy atom. The fraction of sp³-hybridized carbons (Fsp3) is 0.524. The smallest absolute Gasteiger partial charge is 0.237 e. The molecule has 1 aromatic heterocycles. The van der Waals surface area contributed by atoms with Crippen LogP contribution in [0.3, 0.4) is 0 Å². The molecule has 2 fully saturated rings. The number of benzene rings is 1. The lowest BCUT2D eigenvalue weighted by atomic mass is 10.2. The quantitative estimate of drug-likeness (QED) is 0.711. The summed E-state index contributed by atoms with van der Waals surface area (Å²) in [7, 11) is 0. The Morgan fingerprint density at radius 3 is 2.77 bits per heavy atom.